The van der Waals surface area contributed by atoms with Crippen molar-refractivity contribution in [2.75, 3.05) is 13.7 Å². The van der Waals surface area contributed by atoms with Gasteiger partial charge < -0.3 is 14.4 Å². The first-order valence-electron chi connectivity index (χ1n) is 11.6. The number of ether oxygens (including phenoxy) is 2. The van der Waals surface area contributed by atoms with E-state index in [2.05, 4.69) is 17.1 Å². The van der Waals surface area contributed by atoms with Crippen LogP contribution in [0.5, 0.6) is 11.5 Å². The van der Waals surface area contributed by atoms with Gasteiger partial charge in [-0.1, -0.05) is 73.1 Å². The van der Waals surface area contributed by atoms with Crippen molar-refractivity contribution in [1.82, 2.24) is 15.1 Å². The average Bonchev–Trinajstić information content (AvgIpc) is 3.43. The second-order valence-corrected chi connectivity index (χ2v) is 8.82. The van der Waals surface area contributed by atoms with Gasteiger partial charge in [0.15, 0.2) is 11.5 Å². The molecule has 0 bridgehead atoms. The van der Waals surface area contributed by atoms with Crippen LogP contribution in [-0.4, -0.2) is 34.7 Å². The Hall–Kier alpha value is -3.77. The molecule has 0 saturated heterocycles. The summed E-state index contributed by atoms with van der Waals surface area (Å²) in [7, 11) is 1.62. The van der Waals surface area contributed by atoms with E-state index in [9.17, 15) is 4.79 Å². The van der Waals surface area contributed by atoms with Gasteiger partial charge in [0.05, 0.1) is 25.5 Å². The summed E-state index contributed by atoms with van der Waals surface area (Å²) < 4.78 is 11.5. The first-order valence-corrected chi connectivity index (χ1v) is 12.0. The molecule has 7 heteroatoms. The second-order valence-electron chi connectivity index (χ2n) is 8.41. The van der Waals surface area contributed by atoms with Gasteiger partial charge in [0.2, 0.25) is 0 Å². The van der Waals surface area contributed by atoms with Crippen LogP contribution >= 0.6 is 11.6 Å². The fraction of sp³-hybridized carbons (Fsp3) is 0.214. The molecule has 0 spiro atoms. The maximum Gasteiger partial charge on any atom is 0.273 e. The van der Waals surface area contributed by atoms with Crippen LogP contribution in [0.1, 0.15) is 46.6 Å². The number of halogens is 1. The minimum Gasteiger partial charge on any atom is -0.493 e. The smallest absolute Gasteiger partial charge is 0.273 e. The van der Waals surface area contributed by atoms with E-state index < -0.39 is 0 Å². The quantitative estimate of drug-likeness (QED) is 0.318. The number of hydrogen-bond acceptors (Lipinski definition) is 4. The number of hydrogen-bond donors (Lipinski definition) is 1. The van der Waals surface area contributed by atoms with Gasteiger partial charge in [0.1, 0.15) is 5.69 Å². The molecule has 0 fully saturated rings. The predicted octanol–water partition coefficient (Wildman–Crippen LogP) is 6.27. The van der Waals surface area contributed by atoms with Crippen molar-refractivity contribution in [2.24, 2.45) is 0 Å². The van der Waals surface area contributed by atoms with Gasteiger partial charge in [-0.25, -0.2) is 0 Å². The van der Waals surface area contributed by atoms with Crippen molar-refractivity contribution in [3.63, 3.8) is 0 Å². The molecule has 2 heterocycles. The fourth-order valence-corrected chi connectivity index (χ4v) is 4.71. The van der Waals surface area contributed by atoms with E-state index in [4.69, 9.17) is 21.1 Å². The van der Waals surface area contributed by atoms with E-state index in [1.165, 1.54) is 0 Å². The maximum atomic E-state index is 13.7. The van der Waals surface area contributed by atoms with Crippen molar-refractivity contribution >= 4 is 17.5 Å². The Labute approximate surface area is 209 Å². The van der Waals surface area contributed by atoms with Crippen LogP contribution < -0.4 is 9.47 Å². The first kappa shape index (κ1) is 23.0. The van der Waals surface area contributed by atoms with Crippen molar-refractivity contribution in [3.05, 3.63) is 100 Å². The third kappa shape index (κ3) is 4.26. The minimum absolute atomic E-state index is 0.120. The lowest BCUT2D eigenvalue weighted by Crippen LogP contribution is -2.29. The van der Waals surface area contributed by atoms with Gasteiger partial charge in [0.25, 0.3) is 5.91 Å². The highest BCUT2D eigenvalue weighted by Crippen LogP contribution is 2.45. The number of carbonyl (C=O) groups is 1. The zero-order valence-corrected chi connectivity index (χ0v) is 20.4. The molecule has 0 saturated carbocycles. The van der Waals surface area contributed by atoms with E-state index in [-0.39, 0.29) is 11.9 Å². The maximum absolute atomic E-state index is 13.7. The number of carbonyl (C=O) groups excluding carboxylic acids is 1. The minimum atomic E-state index is -0.378. The van der Waals surface area contributed by atoms with Gasteiger partial charge in [-0.2, -0.15) is 5.10 Å². The monoisotopic (exact) mass is 487 g/mol. The number of H-pyrrole nitrogens is 1. The van der Waals surface area contributed by atoms with Gasteiger partial charge >= 0.3 is 0 Å². The molecular formula is C28H26ClN3O3. The number of aromatic nitrogens is 2. The Morgan fingerprint density at radius 3 is 2.54 bits per heavy atom. The second kappa shape index (κ2) is 9.84. The Morgan fingerprint density at radius 2 is 1.80 bits per heavy atom. The van der Waals surface area contributed by atoms with Crippen LogP contribution in [-0.2, 0) is 6.54 Å². The molecule has 0 aliphatic carbocycles. The standard InChI is InChI=1S/C28H26ClN3O3/c1-3-15-35-22-14-13-19(16-23(22)34-2)27-24-25(18-9-5-4-6-10-18)30-31-26(24)28(33)32(27)17-20-11-7-8-12-21(20)29/h4-14,16,27H,3,15,17H2,1-2H3,(H,30,31). The molecule has 1 aromatic heterocycles. The van der Waals surface area contributed by atoms with Crippen LogP contribution in [0.3, 0.4) is 0 Å². The summed E-state index contributed by atoms with van der Waals surface area (Å²) in [6.45, 7) is 3.01. The number of methoxy groups -OCH3 is 1. The van der Waals surface area contributed by atoms with Gasteiger partial charge in [0, 0.05) is 22.7 Å². The first-order chi connectivity index (χ1) is 17.1. The van der Waals surface area contributed by atoms with Crippen LogP contribution in [0.15, 0.2) is 72.8 Å². The lowest BCUT2D eigenvalue weighted by molar-refractivity contribution is 0.0730. The summed E-state index contributed by atoms with van der Waals surface area (Å²) in [6, 6.07) is 22.9. The number of fused-ring (bicyclic) bond motifs is 1. The van der Waals surface area contributed by atoms with Crippen LogP contribution in [0.4, 0.5) is 0 Å². The van der Waals surface area contributed by atoms with E-state index in [0.717, 1.165) is 34.4 Å². The highest BCUT2D eigenvalue weighted by atomic mass is 35.5. The van der Waals surface area contributed by atoms with Crippen molar-refractivity contribution < 1.29 is 14.3 Å². The average molecular weight is 488 g/mol. The summed E-state index contributed by atoms with van der Waals surface area (Å²) in [5.41, 5.74) is 4.82. The van der Waals surface area contributed by atoms with Crippen LogP contribution in [0, 0.1) is 0 Å². The summed E-state index contributed by atoms with van der Waals surface area (Å²) >= 11 is 6.48. The number of aromatic amines is 1. The molecule has 178 valence electrons. The van der Waals surface area contributed by atoms with Crippen molar-refractivity contribution in [3.8, 4) is 22.8 Å². The highest BCUT2D eigenvalue weighted by molar-refractivity contribution is 6.31. The molecule has 4 aromatic rings. The molecule has 1 N–H and O–H groups in total. The molecule has 35 heavy (non-hydrogen) atoms. The summed E-state index contributed by atoms with van der Waals surface area (Å²) in [4.78, 5) is 15.5. The third-order valence-corrected chi connectivity index (χ3v) is 6.54. The van der Waals surface area contributed by atoms with Crippen molar-refractivity contribution in [1.29, 1.82) is 0 Å². The fourth-order valence-electron chi connectivity index (χ4n) is 4.52. The summed E-state index contributed by atoms with van der Waals surface area (Å²) in [6.07, 6.45) is 0.895. The number of nitrogens with one attached hydrogen (secondary N) is 1. The molecule has 0 radical (unpaired) electrons. The third-order valence-electron chi connectivity index (χ3n) is 6.17. The number of benzene rings is 3. The Bertz CT molecular complexity index is 1350. The number of nitrogens with zero attached hydrogens (tertiary/aromatic N) is 2. The molecule has 3 aromatic carbocycles. The summed E-state index contributed by atoms with van der Waals surface area (Å²) in [5.74, 6) is 1.18. The number of amides is 1. The SMILES string of the molecule is CCCOc1ccc(C2c3c(-c4ccccc4)n[nH]c3C(=O)N2Cc2ccccc2Cl)cc1OC. The topological polar surface area (TPSA) is 67.5 Å². The molecule has 1 unspecified atom stereocenters. The molecule has 1 aliphatic heterocycles. The van der Waals surface area contributed by atoms with E-state index in [0.29, 0.717) is 35.4 Å². The Morgan fingerprint density at radius 1 is 1.03 bits per heavy atom. The van der Waals surface area contributed by atoms with E-state index in [1.807, 2.05) is 77.7 Å². The van der Waals surface area contributed by atoms with Crippen LogP contribution in [0.25, 0.3) is 11.3 Å². The van der Waals surface area contributed by atoms with Gasteiger partial charge in [-0.15, -0.1) is 0 Å². The lowest BCUT2D eigenvalue weighted by atomic mass is 9.95. The lowest BCUT2D eigenvalue weighted by Gasteiger charge is -2.27. The molecular weight excluding hydrogens is 462 g/mol. The normalized spacial score (nSPS) is 14.8. The van der Waals surface area contributed by atoms with E-state index >= 15 is 0 Å². The Kier molecular flexibility index (Phi) is 6.47. The zero-order valence-electron chi connectivity index (χ0n) is 19.6. The molecule has 1 atom stereocenters. The largest absolute Gasteiger partial charge is 0.493 e. The predicted molar refractivity (Wildman–Crippen MR) is 136 cm³/mol. The van der Waals surface area contributed by atoms with Crippen molar-refractivity contribution in [2.45, 2.75) is 25.9 Å². The van der Waals surface area contributed by atoms with E-state index in [1.54, 1.807) is 7.11 Å². The molecule has 1 aliphatic rings. The zero-order chi connectivity index (χ0) is 24.4. The Balaban J connectivity index is 1.64. The summed E-state index contributed by atoms with van der Waals surface area (Å²) in [5, 5.41) is 8.16. The van der Waals surface area contributed by atoms with Gasteiger partial charge in [-0.3, -0.25) is 9.89 Å². The molecule has 6 nitrogen and oxygen atoms in total. The molecule has 1 amide bonds. The molecule has 5 rings (SSSR count). The number of rotatable bonds is 8. The highest BCUT2D eigenvalue weighted by Gasteiger charge is 2.42. The van der Waals surface area contributed by atoms with Gasteiger partial charge in [-0.05, 0) is 35.7 Å². The van der Waals surface area contributed by atoms with Crippen LogP contribution in [0.2, 0.25) is 5.02 Å².